The predicted molar refractivity (Wildman–Crippen MR) is 65.6 cm³/mol. The van der Waals surface area contributed by atoms with E-state index in [-0.39, 0.29) is 16.8 Å². The second-order valence-electron chi connectivity index (χ2n) is 5.05. The van der Waals surface area contributed by atoms with Crippen LogP contribution in [0.1, 0.15) is 38.1 Å². The van der Waals surface area contributed by atoms with Gasteiger partial charge in [-0.3, -0.25) is 4.79 Å². The van der Waals surface area contributed by atoms with Gasteiger partial charge in [0.1, 0.15) is 11.9 Å². The number of hydrogen-bond acceptors (Lipinski definition) is 2. The summed E-state index contributed by atoms with van der Waals surface area (Å²) in [6.07, 6.45) is -0.621. The van der Waals surface area contributed by atoms with E-state index in [2.05, 4.69) is 0 Å². The van der Waals surface area contributed by atoms with Crippen molar-refractivity contribution in [2.75, 3.05) is 6.61 Å². The summed E-state index contributed by atoms with van der Waals surface area (Å²) in [5.74, 6) is -0.788. The Bertz CT molecular complexity index is 393. The van der Waals surface area contributed by atoms with Gasteiger partial charge in [-0.1, -0.05) is 32.9 Å². The number of Topliss-reactive ketones (excluding diaryl/α,β-unsaturated/α-hetero) is 1. The van der Waals surface area contributed by atoms with Gasteiger partial charge in [0.15, 0.2) is 5.78 Å². The van der Waals surface area contributed by atoms with Crippen molar-refractivity contribution in [2.24, 2.45) is 5.41 Å². The van der Waals surface area contributed by atoms with Crippen molar-refractivity contribution in [3.05, 3.63) is 35.6 Å². The predicted octanol–water partition coefficient (Wildman–Crippen LogP) is 3.46. The summed E-state index contributed by atoms with van der Waals surface area (Å²) in [5, 5.41) is 0. The maximum absolute atomic E-state index is 13.6. The number of benzene rings is 1. The molecular weight excluding hydrogens is 219 g/mol. The van der Waals surface area contributed by atoms with Crippen molar-refractivity contribution >= 4 is 5.78 Å². The van der Waals surface area contributed by atoms with E-state index in [1.165, 1.54) is 12.1 Å². The highest BCUT2D eigenvalue weighted by atomic mass is 19.1. The van der Waals surface area contributed by atoms with Crippen LogP contribution >= 0.6 is 0 Å². The van der Waals surface area contributed by atoms with E-state index in [0.717, 1.165) is 0 Å². The van der Waals surface area contributed by atoms with E-state index in [4.69, 9.17) is 4.74 Å². The number of ether oxygens (including phenoxy) is 1. The SMILES string of the molecule is CCOC(C(=O)c1ccccc1F)C(C)(C)C. The standard InChI is InChI=1S/C14H19FO2/c1-5-17-13(14(2,3)4)12(16)10-8-6-7-9-11(10)15/h6-9,13H,5H2,1-4H3. The third-order valence-corrected chi connectivity index (χ3v) is 2.50. The van der Waals surface area contributed by atoms with Crippen LogP contribution in [0.5, 0.6) is 0 Å². The summed E-state index contributed by atoms with van der Waals surface area (Å²) < 4.78 is 19.0. The highest BCUT2D eigenvalue weighted by Crippen LogP contribution is 2.26. The van der Waals surface area contributed by atoms with Crippen LogP contribution < -0.4 is 0 Å². The summed E-state index contributed by atoms with van der Waals surface area (Å²) in [7, 11) is 0. The Kier molecular flexibility index (Phi) is 4.40. The normalized spacial score (nSPS) is 13.5. The van der Waals surface area contributed by atoms with Gasteiger partial charge < -0.3 is 4.74 Å². The molecule has 0 amide bonds. The Morgan fingerprint density at radius 3 is 2.41 bits per heavy atom. The van der Waals surface area contributed by atoms with Crippen LogP contribution in [0.2, 0.25) is 0 Å². The van der Waals surface area contributed by atoms with Crippen molar-refractivity contribution in [1.82, 2.24) is 0 Å². The average Bonchev–Trinajstić information content (AvgIpc) is 2.24. The van der Waals surface area contributed by atoms with Crippen molar-refractivity contribution in [3.63, 3.8) is 0 Å². The lowest BCUT2D eigenvalue weighted by Crippen LogP contribution is -2.37. The molecule has 1 aromatic rings. The van der Waals surface area contributed by atoms with E-state index in [9.17, 15) is 9.18 Å². The minimum atomic E-state index is -0.621. The number of ketones is 1. The van der Waals surface area contributed by atoms with Crippen LogP contribution in [-0.2, 0) is 4.74 Å². The van der Waals surface area contributed by atoms with Gasteiger partial charge in [-0.2, -0.15) is 0 Å². The van der Waals surface area contributed by atoms with Gasteiger partial charge in [-0.15, -0.1) is 0 Å². The lowest BCUT2D eigenvalue weighted by atomic mass is 9.84. The number of carbonyl (C=O) groups is 1. The molecule has 0 heterocycles. The number of halogens is 1. The third kappa shape index (κ3) is 3.37. The summed E-state index contributed by atoms with van der Waals surface area (Å²) in [5.41, 5.74) is -0.254. The largest absolute Gasteiger partial charge is 0.370 e. The van der Waals surface area contributed by atoms with E-state index in [1.54, 1.807) is 12.1 Å². The lowest BCUT2D eigenvalue weighted by molar-refractivity contribution is -0.000481. The zero-order chi connectivity index (χ0) is 13.1. The maximum Gasteiger partial charge on any atom is 0.195 e. The fraction of sp³-hybridized carbons (Fsp3) is 0.500. The molecule has 1 atom stereocenters. The summed E-state index contributed by atoms with van der Waals surface area (Å²) >= 11 is 0. The van der Waals surface area contributed by atoms with Crippen LogP contribution in [0.4, 0.5) is 4.39 Å². The van der Waals surface area contributed by atoms with Crippen LogP contribution in [0.15, 0.2) is 24.3 Å². The van der Waals surface area contributed by atoms with Gasteiger partial charge in [0.05, 0.1) is 5.56 Å². The zero-order valence-corrected chi connectivity index (χ0v) is 10.8. The van der Waals surface area contributed by atoms with Gasteiger partial charge in [-0.05, 0) is 24.5 Å². The molecule has 3 heteroatoms. The first kappa shape index (κ1) is 13.8. The van der Waals surface area contributed by atoms with Gasteiger partial charge in [0.25, 0.3) is 0 Å². The minimum Gasteiger partial charge on any atom is -0.370 e. The molecule has 17 heavy (non-hydrogen) atoms. The molecule has 1 unspecified atom stereocenters. The molecule has 0 N–H and O–H groups in total. The Hall–Kier alpha value is -1.22. The molecule has 0 aliphatic rings. The van der Waals surface area contributed by atoms with Gasteiger partial charge in [-0.25, -0.2) is 4.39 Å². The zero-order valence-electron chi connectivity index (χ0n) is 10.8. The monoisotopic (exact) mass is 238 g/mol. The molecule has 2 nitrogen and oxygen atoms in total. The molecule has 0 bridgehead atoms. The van der Waals surface area contributed by atoms with Crippen LogP contribution in [0.3, 0.4) is 0 Å². The highest BCUT2D eigenvalue weighted by molar-refractivity contribution is 6.00. The van der Waals surface area contributed by atoms with Gasteiger partial charge in [0.2, 0.25) is 0 Å². The third-order valence-electron chi connectivity index (χ3n) is 2.50. The van der Waals surface area contributed by atoms with Crippen LogP contribution in [0, 0.1) is 11.2 Å². The van der Waals surface area contributed by atoms with Gasteiger partial charge in [0, 0.05) is 6.61 Å². The van der Waals surface area contributed by atoms with E-state index in [1.807, 2.05) is 27.7 Å². The minimum absolute atomic E-state index is 0.0980. The first-order valence-electron chi connectivity index (χ1n) is 5.78. The molecule has 0 saturated heterocycles. The molecule has 0 fully saturated rings. The number of carbonyl (C=O) groups excluding carboxylic acids is 1. The second kappa shape index (κ2) is 5.41. The molecule has 0 radical (unpaired) electrons. The highest BCUT2D eigenvalue weighted by Gasteiger charge is 2.33. The first-order chi connectivity index (χ1) is 7.88. The molecule has 0 spiro atoms. The van der Waals surface area contributed by atoms with Crippen molar-refractivity contribution < 1.29 is 13.9 Å². The lowest BCUT2D eigenvalue weighted by Gasteiger charge is -2.29. The number of hydrogen-bond donors (Lipinski definition) is 0. The van der Waals surface area contributed by atoms with Crippen molar-refractivity contribution in [3.8, 4) is 0 Å². The summed E-state index contributed by atoms with van der Waals surface area (Å²) in [6.45, 7) is 7.99. The average molecular weight is 238 g/mol. The molecule has 94 valence electrons. The Morgan fingerprint density at radius 2 is 1.94 bits per heavy atom. The maximum atomic E-state index is 13.6. The van der Waals surface area contributed by atoms with Gasteiger partial charge >= 0.3 is 0 Å². The van der Waals surface area contributed by atoms with Crippen LogP contribution in [0.25, 0.3) is 0 Å². The molecule has 0 aliphatic carbocycles. The molecule has 0 saturated carbocycles. The molecule has 1 rings (SSSR count). The van der Waals surface area contributed by atoms with E-state index < -0.39 is 11.9 Å². The second-order valence-corrected chi connectivity index (χ2v) is 5.05. The fourth-order valence-electron chi connectivity index (χ4n) is 1.69. The quantitative estimate of drug-likeness (QED) is 0.751. The smallest absolute Gasteiger partial charge is 0.195 e. The van der Waals surface area contributed by atoms with Crippen LogP contribution in [-0.4, -0.2) is 18.5 Å². The number of rotatable bonds is 4. The first-order valence-corrected chi connectivity index (χ1v) is 5.78. The van der Waals surface area contributed by atoms with E-state index >= 15 is 0 Å². The summed E-state index contributed by atoms with van der Waals surface area (Å²) in [4.78, 5) is 12.2. The molecular formula is C14H19FO2. The van der Waals surface area contributed by atoms with Crippen molar-refractivity contribution in [2.45, 2.75) is 33.8 Å². The van der Waals surface area contributed by atoms with Crippen molar-refractivity contribution in [1.29, 1.82) is 0 Å². The fourth-order valence-corrected chi connectivity index (χ4v) is 1.69. The molecule has 0 aliphatic heterocycles. The van der Waals surface area contributed by atoms with E-state index in [0.29, 0.717) is 6.61 Å². The summed E-state index contributed by atoms with van der Waals surface area (Å²) in [6, 6.07) is 6.01. The topological polar surface area (TPSA) is 26.3 Å². The molecule has 1 aromatic carbocycles. The molecule has 0 aromatic heterocycles. The Labute approximate surface area is 102 Å². The Balaban J connectivity index is 3.05. The Morgan fingerprint density at radius 1 is 1.35 bits per heavy atom.